The van der Waals surface area contributed by atoms with Gasteiger partial charge in [-0.2, -0.15) is 0 Å². The molecule has 0 aromatic heterocycles. The first-order valence-electron chi connectivity index (χ1n) is 26.0. The van der Waals surface area contributed by atoms with E-state index in [0.717, 1.165) is 0 Å². The average Bonchev–Trinajstić information content (AvgIpc) is 4.09. The Balaban J connectivity index is 1.77. The summed E-state index contributed by atoms with van der Waals surface area (Å²) < 4.78 is 45.6. The first-order valence-corrected chi connectivity index (χ1v) is 27.5. The lowest BCUT2D eigenvalue weighted by Crippen LogP contribution is -2.54. The van der Waals surface area contributed by atoms with Crippen molar-refractivity contribution in [2.45, 2.75) is 168 Å². The predicted octanol–water partition coefficient (Wildman–Crippen LogP) is 5.36. The van der Waals surface area contributed by atoms with E-state index in [1.54, 1.807) is 35.9 Å². The van der Waals surface area contributed by atoms with E-state index in [1.165, 1.54) is 26.4 Å². The van der Waals surface area contributed by atoms with E-state index >= 15 is 0 Å². The van der Waals surface area contributed by atoms with Gasteiger partial charge in [-0.3, -0.25) is 38.4 Å². The van der Waals surface area contributed by atoms with Crippen LogP contribution < -0.4 is 14.8 Å². The summed E-state index contributed by atoms with van der Waals surface area (Å²) in [5.41, 5.74) is 0.591. The summed E-state index contributed by atoms with van der Waals surface area (Å²) in [5, 5.41) is 10.8. The first kappa shape index (κ1) is 62.0. The largest absolute Gasteiger partial charge is 0.412 e. The molecule has 1 saturated heterocycles. The van der Waals surface area contributed by atoms with Crippen LogP contribution in [0.3, 0.4) is 0 Å². The van der Waals surface area contributed by atoms with Crippen LogP contribution in [0, 0.1) is 35.5 Å². The number of ketones is 3. The number of rotatable bonds is 33. The number of unbranched alkanes of at least 4 members (excludes halogenated alkanes) is 2. The number of likely N-dealkylation sites (tertiary alicyclic amines) is 1. The Morgan fingerprint density at radius 3 is 2.03 bits per heavy atom. The molecule has 1 aromatic rings. The molecule has 1 aliphatic heterocycles. The third kappa shape index (κ3) is 18.3. The minimum absolute atomic E-state index is 0.00307. The van der Waals surface area contributed by atoms with E-state index in [1.807, 2.05) is 60.5 Å². The second kappa shape index (κ2) is 29.6. The number of ether oxygens (including phenoxy) is 3. The highest BCUT2D eigenvalue weighted by Gasteiger charge is 2.44. The number of Topliss-reactive ketones (excluding diaryl/α,β-unsaturated/α-hetero) is 3. The number of hydrogen-bond acceptors (Lipinski definition) is 14. The van der Waals surface area contributed by atoms with Crippen molar-refractivity contribution < 1.29 is 61.3 Å². The fraction of sp³-hybridized carbons (Fsp3) is 0.755. The molecule has 19 heteroatoms. The van der Waals surface area contributed by atoms with E-state index in [2.05, 4.69) is 10.0 Å². The Morgan fingerprint density at radius 1 is 0.833 bits per heavy atom. The molecule has 3 rings (SSSR count). The molecule has 408 valence electrons. The van der Waals surface area contributed by atoms with Gasteiger partial charge in [0.2, 0.25) is 27.7 Å². The van der Waals surface area contributed by atoms with Crippen LogP contribution in [-0.2, 0) is 54.7 Å². The number of aliphatic hydroxyl groups is 1. The summed E-state index contributed by atoms with van der Waals surface area (Å²) in [7, 11) is 4.54. The molecule has 0 radical (unpaired) electrons. The van der Waals surface area contributed by atoms with Crippen LogP contribution in [0.15, 0.2) is 24.3 Å². The van der Waals surface area contributed by atoms with Crippen molar-refractivity contribution in [1.29, 1.82) is 0 Å². The van der Waals surface area contributed by atoms with Gasteiger partial charge in [0.15, 0.2) is 11.6 Å². The van der Waals surface area contributed by atoms with Crippen molar-refractivity contribution in [3.05, 3.63) is 29.8 Å². The minimum atomic E-state index is -3.94. The van der Waals surface area contributed by atoms with Gasteiger partial charge in [0, 0.05) is 71.4 Å². The molecular weight excluding hydrogens is 947 g/mol. The molecule has 1 heterocycles. The monoisotopic (exact) mass is 1030 g/mol. The summed E-state index contributed by atoms with van der Waals surface area (Å²) >= 11 is 0. The second-order valence-electron chi connectivity index (χ2n) is 21.0. The van der Waals surface area contributed by atoms with Gasteiger partial charge in [0.1, 0.15) is 18.1 Å². The number of carbonyl (C=O) groups is 7. The maximum Gasteiger partial charge on any atom is 0.412 e. The van der Waals surface area contributed by atoms with Crippen molar-refractivity contribution in [3.63, 3.8) is 0 Å². The lowest BCUT2D eigenvalue weighted by molar-refractivity contribution is -0.149. The summed E-state index contributed by atoms with van der Waals surface area (Å²) in [6, 6.07) is 5.01. The zero-order valence-corrected chi connectivity index (χ0v) is 46.0. The quantitative estimate of drug-likeness (QED) is 0.0753. The van der Waals surface area contributed by atoms with Gasteiger partial charge in [-0.15, -0.1) is 0 Å². The van der Waals surface area contributed by atoms with E-state index in [-0.39, 0.29) is 90.8 Å². The number of sulfonamides is 1. The lowest BCUT2D eigenvalue weighted by atomic mass is 9.83. The molecule has 18 nitrogen and oxygen atoms in total. The fourth-order valence-corrected chi connectivity index (χ4v) is 11.6. The smallest absolute Gasteiger partial charge is 0.410 e. The van der Waals surface area contributed by atoms with Gasteiger partial charge in [-0.25, -0.2) is 13.2 Å². The maximum absolute atomic E-state index is 14.5. The molecular formula is C53H87N5O13S. The number of carbonyl (C=O) groups excluding carboxylic acids is 7. The normalized spacial score (nSPS) is 18.4. The van der Waals surface area contributed by atoms with Gasteiger partial charge in [-0.05, 0) is 94.5 Å². The maximum atomic E-state index is 14.5. The standard InChI is InChI=1S/C53H87N5O13S/c1-13-35(6)49(57(10)52(65)42(33(2)3)30-45(62)48(34(4)5)56(8)9)46(69-11)31-47(63)58-27-17-19-43(58)50(70-12)36(7)44(61)29-38(51(64)55-72(67,68)41-24-25-41)28-37-20-22-40(23-21-37)71-53(66)54-26-16-14-15-18-39(60)32-59/h20-23,33-36,38,41-43,46,48-50,59H,13-19,24-32H2,1-12H3,(H,54,66)(H,55,64)/t35-,36-,38+,42-,43-,46+,48-,49-,50+/m0/s1. The van der Waals surface area contributed by atoms with E-state index < -0.39 is 75.9 Å². The van der Waals surface area contributed by atoms with Gasteiger partial charge >= 0.3 is 6.09 Å². The first-order chi connectivity index (χ1) is 33.9. The third-order valence-corrected chi connectivity index (χ3v) is 16.5. The molecule has 9 atom stereocenters. The number of hydrogen-bond donors (Lipinski definition) is 3. The molecule has 72 heavy (non-hydrogen) atoms. The van der Waals surface area contributed by atoms with E-state index in [0.29, 0.717) is 70.0 Å². The lowest BCUT2D eigenvalue weighted by Gasteiger charge is -2.41. The highest BCUT2D eigenvalue weighted by Crippen LogP contribution is 2.33. The zero-order valence-electron chi connectivity index (χ0n) is 45.1. The van der Waals surface area contributed by atoms with Crippen molar-refractivity contribution in [2.75, 3.05) is 55.1 Å². The number of likely N-dealkylation sites (N-methyl/N-ethyl adjacent to an activating group) is 2. The fourth-order valence-electron chi connectivity index (χ4n) is 10.2. The molecule has 4 amide bonds. The van der Waals surface area contributed by atoms with Gasteiger partial charge < -0.3 is 34.4 Å². The van der Waals surface area contributed by atoms with Gasteiger partial charge in [0.05, 0.1) is 42.0 Å². The molecule has 0 unspecified atom stereocenters. The average molecular weight is 1030 g/mol. The third-order valence-electron chi connectivity index (χ3n) is 14.6. The van der Waals surface area contributed by atoms with Gasteiger partial charge in [0.25, 0.3) is 0 Å². The summed E-state index contributed by atoms with van der Waals surface area (Å²) in [4.78, 5) is 99.6. The van der Waals surface area contributed by atoms with Crippen LogP contribution >= 0.6 is 0 Å². The Bertz CT molecular complexity index is 2050. The predicted molar refractivity (Wildman–Crippen MR) is 274 cm³/mol. The number of nitrogens with zero attached hydrogens (tertiary/aromatic N) is 3. The van der Waals surface area contributed by atoms with Crippen molar-refractivity contribution in [1.82, 2.24) is 24.7 Å². The van der Waals surface area contributed by atoms with Crippen LogP contribution in [0.4, 0.5) is 4.79 Å². The van der Waals surface area contributed by atoms with Crippen LogP contribution in [0.25, 0.3) is 0 Å². The molecule has 1 aromatic carbocycles. The minimum Gasteiger partial charge on any atom is -0.410 e. The second-order valence-corrected chi connectivity index (χ2v) is 23.0. The molecule has 3 N–H and O–H groups in total. The Morgan fingerprint density at radius 2 is 1.49 bits per heavy atom. The summed E-state index contributed by atoms with van der Waals surface area (Å²) in [6.45, 7) is 13.9. The molecule has 0 spiro atoms. The number of methoxy groups -OCH3 is 2. The number of benzene rings is 1. The number of amides is 4. The number of aliphatic hydroxyl groups excluding tert-OH is 1. The Kier molecular flexibility index (Phi) is 25.4. The number of nitrogens with one attached hydrogen (secondary N) is 2. The Labute approximate surface area is 429 Å². The highest BCUT2D eigenvalue weighted by molar-refractivity contribution is 7.90. The zero-order chi connectivity index (χ0) is 54.0. The van der Waals surface area contributed by atoms with E-state index in [9.17, 15) is 42.0 Å². The van der Waals surface area contributed by atoms with Crippen LogP contribution in [0.5, 0.6) is 5.75 Å². The SMILES string of the molecule is CC[C@H](C)[C@@H]([C@@H](CC(=O)N1CCC[C@H]1[C@H](OC)[C@@H](C)C(=O)C[C@@H](Cc1ccc(OC(=O)NCCCCCC(=O)CO)cc1)C(=O)NS(=O)(=O)C1CC1)OC)N(C)C(=O)[C@@H](CC(=O)[C@H](C(C)C)N(C)C)C(C)C. The summed E-state index contributed by atoms with van der Waals surface area (Å²) in [6.07, 6.45) is 2.52. The van der Waals surface area contributed by atoms with E-state index in [4.69, 9.17) is 19.3 Å². The highest BCUT2D eigenvalue weighted by atomic mass is 32.2. The molecule has 1 saturated carbocycles. The molecule has 1 aliphatic carbocycles. The topological polar surface area (TPSA) is 235 Å². The van der Waals surface area contributed by atoms with Crippen molar-refractivity contribution in [3.8, 4) is 5.75 Å². The van der Waals surface area contributed by atoms with Crippen LogP contribution in [0.2, 0.25) is 0 Å². The van der Waals surface area contributed by atoms with Crippen molar-refractivity contribution in [2.24, 2.45) is 35.5 Å². The molecule has 2 fully saturated rings. The van der Waals surface area contributed by atoms with Gasteiger partial charge in [-0.1, -0.05) is 73.4 Å². The summed E-state index contributed by atoms with van der Waals surface area (Å²) in [5.74, 6) is -4.17. The van der Waals surface area contributed by atoms with Crippen LogP contribution in [0.1, 0.15) is 131 Å². The molecule has 2 aliphatic rings. The van der Waals surface area contributed by atoms with Crippen molar-refractivity contribution >= 4 is 51.2 Å². The Hall–Kier alpha value is -4.30. The van der Waals surface area contributed by atoms with Crippen LogP contribution in [-0.4, -0.2) is 160 Å². The molecule has 0 bridgehead atoms.